The molecule has 1 unspecified atom stereocenters. The van der Waals surface area contributed by atoms with Crippen molar-refractivity contribution in [2.24, 2.45) is 5.92 Å². The third-order valence-corrected chi connectivity index (χ3v) is 4.51. The van der Waals surface area contributed by atoms with Crippen LogP contribution in [0, 0.1) is 12.8 Å². The lowest BCUT2D eigenvalue weighted by Crippen LogP contribution is -2.09. The molecule has 1 aromatic carbocycles. The normalized spacial score (nSPS) is 13.0. The average Bonchev–Trinajstić information content (AvgIpc) is 2.84. The highest BCUT2D eigenvalue weighted by atomic mass is 16.3. The Labute approximate surface area is 131 Å². The van der Waals surface area contributed by atoms with Crippen LogP contribution >= 0.6 is 0 Å². The van der Waals surface area contributed by atoms with Gasteiger partial charge in [-0.05, 0) is 43.0 Å². The zero-order valence-electron chi connectivity index (χ0n) is 13.5. The van der Waals surface area contributed by atoms with E-state index in [9.17, 15) is 5.11 Å². The Kier molecular flexibility index (Phi) is 3.65. The quantitative estimate of drug-likeness (QED) is 0.743. The maximum absolute atomic E-state index is 10.6. The number of hydrogen-bond acceptors (Lipinski definition) is 2. The average molecular weight is 294 g/mol. The van der Waals surface area contributed by atoms with Gasteiger partial charge in [0.2, 0.25) is 0 Å². The highest BCUT2D eigenvalue weighted by Gasteiger charge is 2.18. The Morgan fingerprint density at radius 3 is 2.55 bits per heavy atom. The van der Waals surface area contributed by atoms with Gasteiger partial charge in [0, 0.05) is 41.0 Å². The van der Waals surface area contributed by atoms with E-state index in [1.54, 1.807) is 6.20 Å². The molecule has 3 aromatic rings. The predicted octanol–water partition coefficient (Wildman–Crippen LogP) is 4.93. The Morgan fingerprint density at radius 2 is 1.91 bits per heavy atom. The van der Waals surface area contributed by atoms with Gasteiger partial charge in [-0.3, -0.25) is 4.98 Å². The fourth-order valence-electron chi connectivity index (χ4n) is 2.89. The molecule has 22 heavy (non-hydrogen) atoms. The lowest BCUT2D eigenvalue weighted by Gasteiger charge is -2.18. The number of hydrogen-bond donors (Lipinski definition) is 1. The summed E-state index contributed by atoms with van der Waals surface area (Å²) in [7, 11) is 0. The smallest absolute Gasteiger partial charge is 0.199 e. The van der Waals surface area contributed by atoms with Crippen LogP contribution in [0.5, 0.6) is 5.88 Å². The zero-order chi connectivity index (χ0) is 15.9. The van der Waals surface area contributed by atoms with E-state index in [-0.39, 0.29) is 6.04 Å². The van der Waals surface area contributed by atoms with Crippen LogP contribution < -0.4 is 0 Å². The molecule has 0 aliphatic rings. The molecule has 0 saturated heterocycles. The first-order valence-corrected chi connectivity index (χ1v) is 7.73. The molecule has 114 valence electrons. The first kappa shape index (κ1) is 14.6. The predicted molar refractivity (Wildman–Crippen MR) is 91.1 cm³/mol. The molecule has 0 aliphatic heterocycles. The van der Waals surface area contributed by atoms with E-state index in [0.29, 0.717) is 11.8 Å². The molecule has 0 aliphatic carbocycles. The topological polar surface area (TPSA) is 38.0 Å². The van der Waals surface area contributed by atoms with Gasteiger partial charge in [-0.15, -0.1) is 0 Å². The molecule has 3 nitrogen and oxygen atoms in total. The summed E-state index contributed by atoms with van der Waals surface area (Å²) in [6.07, 6.45) is 5.71. The summed E-state index contributed by atoms with van der Waals surface area (Å²) in [5, 5.41) is 12.6. The largest absolute Gasteiger partial charge is 0.494 e. The number of rotatable bonds is 3. The van der Waals surface area contributed by atoms with E-state index < -0.39 is 0 Å². The SMILES string of the molecule is Cc1cc(-c2cccnc2)cc2cn(C(C)C(C)C)c(O)c12. The van der Waals surface area contributed by atoms with Gasteiger partial charge in [-0.25, -0.2) is 0 Å². The minimum atomic E-state index is 0.258. The standard InChI is InChI=1S/C19H22N2O/c1-12(2)14(4)21-11-17-9-16(15-6-5-7-20-10-15)8-13(3)18(17)19(21)22/h5-12,14,22H,1-4H3. The summed E-state index contributed by atoms with van der Waals surface area (Å²) in [6, 6.07) is 8.50. The number of aryl methyl sites for hydroxylation is 1. The maximum Gasteiger partial charge on any atom is 0.199 e. The van der Waals surface area contributed by atoms with E-state index in [1.165, 1.54) is 0 Å². The second kappa shape index (κ2) is 5.48. The summed E-state index contributed by atoms with van der Waals surface area (Å²) in [4.78, 5) is 4.19. The van der Waals surface area contributed by atoms with Crippen LogP contribution in [0.2, 0.25) is 0 Å². The molecule has 0 bridgehead atoms. The van der Waals surface area contributed by atoms with Gasteiger partial charge >= 0.3 is 0 Å². The Hall–Kier alpha value is -2.29. The molecule has 1 atom stereocenters. The van der Waals surface area contributed by atoms with E-state index in [0.717, 1.165) is 27.5 Å². The molecule has 1 N–H and O–H groups in total. The van der Waals surface area contributed by atoms with Crippen LogP contribution in [0.1, 0.15) is 32.4 Å². The van der Waals surface area contributed by atoms with Gasteiger partial charge in [0.15, 0.2) is 5.88 Å². The third kappa shape index (κ3) is 2.37. The first-order chi connectivity index (χ1) is 10.5. The van der Waals surface area contributed by atoms with Crippen molar-refractivity contribution < 1.29 is 5.11 Å². The highest BCUT2D eigenvalue weighted by Crippen LogP contribution is 2.37. The van der Waals surface area contributed by atoms with Gasteiger partial charge in [0.1, 0.15) is 0 Å². The van der Waals surface area contributed by atoms with Crippen LogP contribution in [-0.4, -0.2) is 14.7 Å². The van der Waals surface area contributed by atoms with Gasteiger partial charge in [-0.2, -0.15) is 0 Å². The molecular weight excluding hydrogens is 272 g/mol. The second-order valence-electron chi connectivity index (χ2n) is 6.34. The molecule has 0 amide bonds. The van der Waals surface area contributed by atoms with Crippen molar-refractivity contribution >= 4 is 10.8 Å². The number of nitrogens with zero attached hydrogens (tertiary/aromatic N) is 2. The summed E-state index contributed by atoms with van der Waals surface area (Å²) in [6.45, 7) is 8.53. The molecule has 2 heterocycles. The van der Waals surface area contributed by atoms with E-state index >= 15 is 0 Å². The first-order valence-electron chi connectivity index (χ1n) is 7.73. The lowest BCUT2D eigenvalue weighted by molar-refractivity contribution is 0.346. The highest BCUT2D eigenvalue weighted by molar-refractivity contribution is 5.94. The Balaban J connectivity index is 2.19. The molecule has 3 heteroatoms. The minimum Gasteiger partial charge on any atom is -0.494 e. The summed E-state index contributed by atoms with van der Waals surface area (Å²) >= 11 is 0. The van der Waals surface area contributed by atoms with Crippen molar-refractivity contribution in [3.8, 4) is 17.0 Å². The summed E-state index contributed by atoms with van der Waals surface area (Å²) in [5.41, 5.74) is 3.31. The minimum absolute atomic E-state index is 0.258. The van der Waals surface area contributed by atoms with E-state index in [2.05, 4.69) is 50.2 Å². The van der Waals surface area contributed by atoms with Crippen LogP contribution in [0.25, 0.3) is 21.9 Å². The molecule has 0 fully saturated rings. The third-order valence-electron chi connectivity index (χ3n) is 4.51. The van der Waals surface area contributed by atoms with Crippen molar-refractivity contribution in [3.63, 3.8) is 0 Å². The van der Waals surface area contributed by atoms with Crippen molar-refractivity contribution in [1.82, 2.24) is 9.55 Å². The molecule has 3 rings (SSSR count). The van der Waals surface area contributed by atoms with Crippen LogP contribution in [0.4, 0.5) is 0 Å². The van der Waals surface area contributed by atoms with Crippen LogP contribution in [0.3, 0.4) is 0 Å². The number of pyridine rings is 1. The van der Waals surface area contributed by atoms with Crippen molar-refractivity contribution in [2.45, 2.75) is 33.7 Å². The fraction of sp³-hybridized carbons (Fsp3) is 0.316. The molecule has 0 saturated carbocycles. The molecular formula is C19H22N2O. The summed E-state index contributed by atoms with van der Waals surface area (Å²) in [5.74, 6) is 0.831. The fourth-order valence-corrected chi connectivity index (χ4v) is 2.89. The van der Waals surface area contributed by atoms with Crippen LogP contribution in [-0.2, 0) is 0 Å². The Bertz CT molecular complexity index is 803. The van der Waals surface area contributed by atoms with Crippen molar-refractivity contribution in [1.29, 1.82) is 0 Å². The van der Waals surface area contributed by atoms with Crippen molar-refractivity contribution in [3.05, 3.63) is 48.4 Å². The number of fused-ring (bicyclic) bond motifs is 1. The van der Waals surface area contributed by atoms with Gasteiger partial charge < -0.3 is 9.67 Å². The molecule has 0 spiro atoms. The summed E-state index contributed by atoms with van der Waals surface area (Å²) < 4.78 is 1.98. The monoisotopic (exact) mass is 294 g/mol. The number of aromatic nitrogens is 2. The van der Waals surface area contributed by atoms with Gasteiger partial charge in [0.25, 0.3) is 0 Å². The van der Waals surface area contributed by atoms with E-state index in [1.807, 2.05) is 23.8 Å². The number of benzene rings is 1. The second-order valence-corrected chi connectivity index (χ2v) is 6.34. The number of aromatic hydroxyl groups is 1. The molecule has 0 radical (unpaired) electrons. The zero-order valence-corrected chi connectivity index (χ0v) is 13.5. The van der Waals surface area contributed by atoms with Gasteiger partial charge in [0.05, 0.1) is 0 Å². The Morgan fingerprint density at radius 1 is 1.14 bits per heavy atom. The molecule has 2 aromatic heterocycles. The van der Waals surface area contributed by atoms with E-state index in [4.69, 9.17) is 0 Å². The van der Waals surface area contributed by atoms with Crippen LogP contribution in [0.15, 0.2) is 42.9 Å². The lowest BCUT2D eigenvalue weighted by atomic mass is 10.0. The maximum atomic E-state index is 10.6. The van der Waals surface area contributed by atoms with Crippen molar-refractivity contribution in [2.75, 3.05) is 0 Å². The van der Waals surface area contributed by atoms with Gasteiger partial charge in [-0.1, -0.05) is 26.0 Å².